The molecule has 6 heteroatoms. The van der Waals surface area contributed by atoms with Crippen molar-refractivity contribution in [2.75, 3.05) is 16.8 Å². The van der Waals surface area contributed by atoms with E-state index >= 15 is 0 Å². The predicted octanol–water partition coefficient (Wildman–Crippen LogP) is 1.25. The van der Waals surface area contributed by atoms with Crippen molar-refractivity contribution in [1.82, 2.24) is 0 Å². The van der Waals surface area contributed by atoms with Crippen LogP contribution in [0.15, 0.2) is 36.4 Å². The standard InChI is InChI=1S/C14H14N2O4/c1-9-8-16(12(17)6-7-13(18)19)11-5-3-2-4-10(11)15-14(9)20/h2-7,9H,8H2,1H3,(H,15,20)(H,18,19). The second-order valence-corrected chi connectivity index (χ2v) is 4.53. The van der Waals surface area contributed by atoms with Crippen molar-refractivity contribution in [3.8, 4) is 0 Å². The fourth-order valence-corrected chi connectivity index (χ4v) is 1.97. The Morgan fingerprint density at radius 3 is 2.75 bits per heavy atom. The fraction of sp³-hybridized carbons (Fsp3) is 0.214. The number of para-hydroxylation sites is 2. The lowest BCUT2D eigenvalue weighted by molar-refractivity contribution is -0.131. The maximum atomic E-state index is 12.1. The van der Waals surface area contributed by atoms with Gasteiger partial charge in [-0.3, -0.25) is 9.59 Å². The molecule has 0 spiro atoms. The van der Waals surface area contributed by atoms with Crippen molar-refractivity contribution in [3.63, 3.8) is 0 Å². The Bertz CT molecular complexity index is 595. The average Bonchev–Trinajstić information content (AvgIpc) is 2.54. The number of hydrogen-bond acceptors (Lipinski definition) is 3. The molecule has 104 valence electrons. The van der Waals surface area contributed by atoms with Crippen LogP contribution in [0.4, 0.5) is 11.4 Å². The number of carbonyl (C=O) groups is 3. The molecule has 0 fully saturated rings. The molecule has 0 saturated carbocycles. The van der Waals surface area contributed by atoms with Gasteiger partial charge in [-0.25, -0.2) is 4.79 Å². The second-order valence-electron chi connectivity index (χ2n) is 4.53. The second kappa shape index (κ2) is 5.56. The molecule has 2 amide bonds. The molecule has 1 aliphatic heterocycles. The number of amides is 2. The third kappa shape index (κ3) is 2.85. The number of benzene rings is 1. The Kier molecular flexibility index (Phi) is 3.84. The SMILES string of the molecule is CC1CN(C(=O)C=CC(=O)O)c2ccccc2NC1=O. The van der Waals surface area contributed by atoms with Crippen LogP contribution in [0.25, 0.3) is 0 Å². The lowest BCUT2D eigenvalue weighted by Crippen LogP contribution is -2.34. The Balaban J connectivity index is 2.38. The molecule has 0 aliphatic carbocycles. The van der Waals surface area contributed by atoms with E-state index < -0.39 is 11.9 Å². The first kappa shape index (κ1) is 13.8. The van der Waals surface area contributed by atoms with Gasteiger partial charge in [-0.05, 0) is 12.1 Å². The highest BCUT2D eigenvalue weighted by molar-refractivity contribution is 6.09. The number of carboxylic acids is 1. The molecule has 1 heterocycles. The minimum atomic E-state index is -1.19. The number of fused-ring (bicyclic) bond motifs is 1. The summed E-state index contributed by atoms with van der Waals surface area (Å²) in [5.41, 5.74) is 1.10. The van der Waals surface area contributed by atoms with Crippen LogP contribution < -0.4 is 10.2 Å². The molecule has 0 aromatic heterocycles. The van der Waals surface area contributed by atoms with Crippen LogP contribution in [-0.2, 0) is 14.4 Å². The maximum absolute atomic E-state index is 12.1. The van der Waals surface area contributed by atoms with Gasteiger partial charge in [0.2, 0.25) is 5.91 Å². The predicted molar refractivity (Wildman–Crippen MR) is 73.4 cm³/mol. The molecule has 1 unspecified atom stereocenters. The maximum Gasteiger partial charge on any atom is 0.328 e. The highest BCUT2D eigenvalue weighted by Gasteiger charge is 2.27. The Hall–Kier alpha value is -2.63. The van der Waals surface area contributed by atoms with Gasteiger partial charge in [-0.15, -0.1) is 0 Å². The summed E-state index contributed by atoms with van der Waals surface area (Å²) in [5, 5.41) is 11.3. The molecule has 20 heavy (non-hydrogen) atoms. The molecule has 1 atom stereocenters. The minimum Gasteiger partial charge on any atom is -0.478 e. The summed E-state index contributed by atoms with van der Waals surface area (Å²) in [5.74, 6) is -2.22. The van der Waals surface area contributed by atoms with E-state index in [1.807, 2.05) is 0 Å². The van der Waals surface area contributed by atoms with Gasteiger partial charge in [0.25, 0.3) is 5.91 Å². The van der Waals surface area contributed by atoms with Crippen LogP contribution in [0.3, 0.4) is 0 Å². The monoisotopic (exact) mass is 274 g/mol. The first-order valence-corrected chi connectivity index (χ1v) is 6.11. The highest BCUT2D eigenvalue weighted by Crippen LogP contribution is 2.29. The summed E-state index contributed by atoms with van der Waals surface area (Å²) in [6, 6.07) is 6.92. The lowest BCUT2D eigenvalue weighted by atomic mass is 10.1. The number of hydrogen-bond donors (Lipinski definition) is 2. The van der Waals surface area contributed by atoms with Gasteiger partial charge in [0.15, 0.2) is 0 Å². The van der Waals surface area contributed by atoms with Gasteiger partial charge in [0, 0.05) is 18.7 Å². The van der Waals surface area contributed by atoms with Gasteiger partial charge in [0.05, 0.1) is 17.3 Å². The van der Waals surface area contributed by atoms with Crippen LogP contribution in [0.1, 0.15) is 6.92 Å². The average molecular weight is 274 g/mol. The summed E-state index contributed by atoms with van der Waals surface area (Å²) in [6.45, 7) is 1.91. The third-order valence-electron chi connectivity index (χ3n) is 2.99. The molecular weight excluding hydrogens is 260 g/mol. The van der Waals surface area contributed by atoms with Crippen LogP contribution >= 0.6 is 0 Å². The summed E-state index contributed by atoms with van der Waals surface area (Å²) >= 11 is 0. The van der Waals surface area contributed by atoms with E-state index in [4.69, 9.17) is 5.11 Å². The Morgan fingerprint density at radius 1 is 1.35 bits per heavy atom. The molecule has 1 aromatic carbocycles. The van der Waals surface area contributed by atoms with Crippen LogP contribution in [-0.4, -0.2) is 29.4 Å². The number of aliphatic carboxylic acids is 1. The van der Waals surface area contributed by atoms with Crippen molar-refractivity contribution >= 4 is 29.2 Å². The van der Waals surface area contributed by atoms with Crippen LogP contribution in [0.5, 0.6) is 0 Å². The zero-order chi connectivity index (χ0) is 14.7. The van der Waals surface area contributed by atoms with Gasteiger partial charge < -0.3 is 15.3 Å². The van der Waals surface area contributed by atoms with Gasteiger partial charge in [-0.1, -0.05) is 19.1 Å². The summed E-state index contributed by atoms with van der Waals surface area (Å²) < 4.78 is 0. The highest BCUT2D eigenvalue weighted by atomic mass is 16.4. The topological polar surface area (TPSA) is 86.7 Å². The molecular formula is C14H14N2O4. The quantitative estimate of drug-likeness (QED) is 0.795. The largest absolute Gasteiger partial charge is 0.478 e. The van der Waals surface area contributed by atoms with Gasteiger partial charge in [0.1, 0.15) is 0 Å². The smallest absolute Gasteiger partial charge is 0.328 e. The molecule has 2 N–H and O–H groups in total. The van der Waals surface area contributed by atoms with Gasteiger partial charge >= 0.3 is 5.97 Å². The van der Waals surface area contributed by atoms with Crippen LogP contribution in [0, 0.1) is 5.92 Å². The van der Waals surface area contributed by atoms with Crippen molar-refractivity contribution in [1.29, 1.82) is 0 Å². The van der Waals surface area contributed by atoms with E-state index in [1.165, 1.54) is 4.90 Å². The minimum absolute atomic E-state index is 0.171. The number of nitrogens with zero attached hydrogens (tertiary/aromatic N) is 1. The molecule has 2 rings (SSSR count). The Morgan fingerprint density at radius 2 is 2.05 bits per heavy atom. The number of nitrogens with one attached hydrogen (secondary N) is 1. The van der Waals surface area contributed by atoms with E-state index in [0.717, 1.165) is 12.2 Å². The zero-order valence-corrected chi connectivity index (χ0v) is 10.9. The number of carboxylic acid groups (broad SMARTS) is 1. The first-order chi connectivity index (χ1) is 9.49. The van der Waals surface area contributed by atoms with E-state index in [-0.39, 0.29) is 18.4 Å². The Labute approximate surface area is 115 Å². The molecule has 6 nitrogen and oxygen atoms in total. The van der Waals surface area contributed by atoms with Crippen molar-refractivity contribution in [2.45, 2.75) is 6.92 Å². The number of anilines is 2. The van der Waals surface area contributed by atoms with Crippen molar-refractivity contribution < 1.29 is 19.5 Å². The third-order valence-corrected chi connectivity index (χ3v) is 2.99. The van der Waals surface area contributed by atoms with E-state index in [2.05, 4.69) is 5.32 Å². The van der Waals surface area contributed by atoms with E-state index in [0.29, 0.717) is 11.4 Å². The fourth-order valence-electron chi connectivity index (χ4n) is 1.97. The van der Waals surface area contributed by atoms with Crippen molar-refractivity contribution in [2.24, 2.45) is 5.92 Å². The summed E-state index contributed by atoms with van der Waals surface area (Å²) in [4.78, 5) is 35.8. The molecule has 0 bridgehead atoms. The van der Waals surface area contributed by atoms with Gasteiger partial charge in [-0.2, -0.15) is 0 Å². The summed E-state index contributed by atoms with van der Waals surface area (Å²) in [7, 11) is 0. The number of rotatable bonds is 2. The van der Waals surface area contributed by atoms with Crippen LogP contribution in [0.2, 0.25) is 0 Å². The van der Waals surface area contributed by atoms with E-state index in [1.54, 1.807) is 31.2 Å². The summed E-state index contributed by atoms with van der Waals surface area (Å²) in [6.07, 6.45) is 1.78. The van der Waals surface area contributed by atoms with E-state index in [9.17, 15) is 14.4 Å². The zero-order valence-electron chi connectivity index (χ0n) is 10.9. The molecule has 1 aliphatic rings. The van der Waals surface area contributed by atoms with Crippen molar-refractivity contribution in [3.05, 3.63) is 36.4 Å². The normalized spacial score (nSPS) is 18.4. The lowest BCUT2D eigenvalue weighted by Gasteiger charge is -2.21. The molecule has 1 aromatic rings. The molecule has 0 radical (unpaired) electrons. The molecule has 0 saturated heterocycles. The number of carbonyl (C=O) groups excluding carboxylic acids is 2. The first-order valence-electron chi connectivity index (χ1n) is 6.11.